The van der Waals surface area contributed by atoms with Gasteiger partial charge < -0.3 is 9.88 Å². The maximum Gasteiger partial charge on any atom is 0.230 e. The standard InChI is InChI=1S/C19H25ClN4OS/c1-3-24-18(14-8-10-15(20)11-9-14)22-23-19(24)26-12-17(25)21-16-7-5-4-6-13(16)2/h8-11,13,16H,3-7,12H2,1-2H3,(H,21,25)/t13-,16-/m0/s1. The van der Waals surface area contributed by atoms with E-state index in [9.17, 15) is 4.79 Å². The number of carbonyl (C=O) groups excluding carboxylic acids is 1. The fourth-order valence-electron chi connectivity index (χ4n) is 3.40. The quantitative estimate of drug-likeness (QED) is 0.740. The zero-order valence-electron chi connectivity index (χ0n) is 15.2. The van der Waals surface area contributed by atoms with Gasteiger partial charge in [0.15, 0.2) is 11.0 Å². The minimum Gasteiger partial charge on any atom is -0.352 e. The molecule has 140 valence electrons. The van der Waals surface area contributed by atoms with E-state index < -0.39 is 0 Å². The first-order valence-corrected chi connectivity index (χ1v) is 10.6. The zero-order valence-corrected chi connectivity index (χ0v) is 16.8. The van der Waals surface area contributed by atoms with E-state index in [4.69, 9.17) is 11.6 Å². The Hall–Kier alpha value is -1.53. The molecule has 2 aromatic rings. The van der Waals surface area contributed by atoms with E-state index in [2.05, 4.69) is 29.4 Å². The number of thioether (sulfide) groups is 1. The molecule has 3 rings (SSSR count). The molecule has 1 aromatic carbocycles. The van der Waals surface area contributed by atoms with Gasteiger partial charge in [-0.15, -0.1) is 10.2 Å². The summed E-state index contributed by atoms with van der Waals surface area (Å²) in [4.78, 5) is 12.3. The van der Waals surface area contributed by atoms with Gasteiger partial charge >= 0.3 is 0 Å². The molecule has 0 bridgehead atoms. The number of nitrogens with zero attached hydrogens (tertiary/aromatic N) is 3. The Morgan fingerprint density at radius 3 is 2.69 bits per heavy atom. The number of hydrogen-bond acceptors (Lipinski definition) is 4. The fraction of sp³-hybridized carbons (Fsp3) is 0.526. The number of halogens is 1. The molecule has 1 saturated carbocycles. The van der Waals surface area contributed by atoms with Gasteiger partial charge in [0.25, 0.3) is 0 Å². The lowest BCUT2D eigenvalue weighted by atomic mass is 9.86. The number of hydrogen-bond donors (Lipinski definition) is 1. The van der Waals surface area contributed by atoms with Gasteiger partial charge in [-0.2, -0.15) is 0 Å². The van der Waals surface area contributed by atoms with Gasteiger partial charge in [-0.3, -0.25) is 4.79 Å². The molecule has 0 saturated heterocycles. The van der Waals surface area contributed by atoms with Crippen LogP contribution in [0, 0.1) is 5.92 Å². The minimum absolute atomic E-state index is 0.0763. The molecular formula is C19H25ClN4OS. The highest BCUT2D eigenvalue weighted by Gasteiger charge is 2.23. The van der Waals surface area contributed by atoms with Crippen molar-refractivity contribution >= 4 is 29.3 Å². The van der Waals surface area contributed by atoms with E-state index in [0.717, 1.165) is 29.5 Å². The van der Waals surface area contributed by atoms with Crippen molar-refractivity contribution in [2.75, 3.05) is 5.75 Å². The Labute approximate surface area is 163 Å². The second kappa shape index (κ2) is 8.91. The second-order valence-corrected chi connectivity index (χ2v) is 8.16. The van der Waals surface area contributed by atoms with Crippen LogP contribution >= 0.6 is 23.4 Å². The molecule has 1 fully saturated rings. The Balaban J connectivity index is 1.63. The fourth-order valence-corrected chi connectivity index (χ4v) is 4.34. The maximum absolute atomic E-state index is 12.3. The molecular weight excluding hydrogens is 368 g/mol. The van der Waals surface area contributed by atoms with Crippen LogP contribution in [0.5, 0.6) is 0 Å². The summed E-state index contributed by atoms with van der Waals surface area (Å²) in [6.45, 7) is 5.02. The van der Waals surface area contributed by atoms with Crippen LogP contribution in [0.25, 0.3) is 11.4 Å². The number of rotatable bonds is 6. The molecule has 0 aliphatic heterocycles. The first-order valence-electron chi connectivity index (χ1n) is 9.19. The highest BCUT2D eigenvalue weighted by molar-refractivity contribution is 7.99. The topological polar surface area (TPSA) is 59.8 Å². The summed E-state index contributed by atoms with van der Waals surface area (Å²) < 4.78 is 2.03. The number of carbonyl (C=O) groups is 1. The average molecular weight is 393 g/mol. The van der Waals surface area contributed by atoms with Crippen molar-refractivity contribution in [3.05, 3.63) is 29.3 Å². The minimum atomic E-state index is 0.0763. The van der Waals surface area contributed by atoms with E-state index in [-0.39, 0.29) is 5.91 Å². The van der Waals surface area contributed by atoms with Crippen LogP contribution in [-0.2, 0) is 11.3 Å². The lowest BCUT2D eigenvalue weighted by Crippen LogP contribution is -2.41. The van der Waals surface area contributed by atoms with Crippen LogP contribution in [0.1, 0.15) is 39.5 Å². The van der Waals surface area contributed by atoms with E-state index in [0.29, 0.717) is 22.7 Å². The summed E-state index contributed by atoms with van der Waals surface area (Å²) in [5, 5.41) is 13.2. The number of amides is 1. The van der Waals surface area contributed by atoms with Crippen molar-refractivity contribution in [2.45, 2.75) is 57.3 Å². The van der Waals surface area contributed by atoms with Gasteiger partial charge in [0.2, 0.25) is 5.91 Å². The molecule has 1 amide bonds. The van der Waals surface area contributed by atoms with Crippen molar-refractivity contribution in [3.8, 4) is 11.4 Å². The Kier molecular flexibility index (Phi) is 6.59. The predicted molar refractivity (Wildman–Crippen MR) is 106 cm³/mol. The first kappa shape index (κ1) is 19.2. The van der Waals surface area contributed by atoms with Crippen LogP contribution < -0.4 is 5.32 Å². The smallest absolute Gasteiger partial charge is 0.230 e. The third kappa shape index (κ3) is 4.60. The van der Waals surface area contributed by atoms with Crippen molar-refractivity contribution < 1.29 is 4.79 Å². The summed E-state index contributed by atoms with van der Waals surface area (Å²) in [5.74, 6) is 1.80. The molecule has 1 aliphatic carbocycles. The third-order valence-electron chi connectivity index (χ3n) is 4.93. The molecule has 0 spiro atoms. The Morgan fingerprint density at radius 1 is 1.27 bits per heavy atom. The predicted octanol–water partition coefficient (Wildman–Crippen LogP) is 4.41. The van der Waals surface area contributed by atoms with Crippen LogP contribution in [0.3, 0.4) is 0 Å². The van der Waals surface area contributed by atoms with Crippen molar-refractivity contribution in [3.63, 3.8) is 0 Å². The largest absolute Gasteiger partial charge is 0.352 e. The zero-order chi connectivity index (χ0) is 18.5. The summed E-state index contributed by atoms with van der Waals surface area (Å²) in [6.07, 6.45) is 4.77. The van der Waals surface area contributed by atoms with Gasteiger partial charge in [0, 0.05) is 23.2 Å². The maximum atomic E-state index is 12.3. The van der Waals surface area contributed by atoms with E-state index >= 15 is 0 Å². The molecule has 1 N–H and O–H groups in total. The van der Waals surface area contributed by atoms with Crippen molar-refractivity contribution in [2.24, 2.45) is 5.92 Å². The van der Waals surface area contributed by atoms with Gasteiger partial charge in [-0.05, 0) is 49.9 Å². The molecule has 1 aromatic heterocycles. The van der Waals surface area contributed by atoms with Crippen LogP contribution in [0.2, 0.25) is 5.02 Å². The number of benzene rings is 1. The molecule has 2 atom stereocenters. The van der Waals surface area contributed by atoms with Gasteiger partial charge in [-0.1, -0.05) is 43.1 Å². The van der Waals surface area contributed by atoms with Crippen LogP contribution in [0.4, 0.5) is 0 Å². The normalized spacial score (nSPS) is 20.1. The summed E-state index contributed by atoms with van der Waals surface area (Å²) in [5.41, 5.74) is 0.969. The average Bonchev–Trinajstić information content (AvgIpc) is 3.05. The number of nitrogens with one attached hydrogen (secondary N) is 1. The van der Waals surface area contributed by atoms with Crippen molar-refractivity contribution in [1.29, 1.82) is 0 Å². The summed E-state index contributed by atoms with van der Waals surface area (Å²) in [6, 6.07) is 7.87. The summed E-state index contributed by atoms with van der Waals surface area (Å²) in [7, 11) is 0. The molecule has 0 radical (unpaired) electrons. The van der Waals surface area contributed by atoms with Gasteiger partial charge in [0.05, 0.1) is 5.75 Å². The van der Waals surface area contributed by atoms with E-state index in [1.807, 2.05) is 28.8 Å². The van der Waals surface area contributed by atoms with E-state index in [1.54, 1.807) is 0 Å². The Bertz CT molecular complexity index is 746. The SMILES string of the molecule is CCn1c(SCC(=O)N[C@H]2CCCC[C@@H]2C)nnc1-c1ccc(Cl)cc1. The van der Waals surface area contributed by atoms with Gasteiger partial charge in [0.1, 0.15) is 0 Å². The van der Waals surface area contributed by atoms with Crippen LogP contribution in [-0.4, -0.2) is 32.5 Å². The highest BCUT2D eigenvalue weighted by atomic mass is 35.5. The number of aromatic nitrogens is 3. The van der Waals surface area contributed by atoms with E-state index in [1.165, 1.54) is 31.0 Å². The first-order chi connectivity index (χ1) is 12.6. The van der Waals surface area contributed by atoms with Crippen LogP contribution in [0.15, 0.2) is 29.4 Å². The van der Waals surface area contributed by atoms with Crippen molar-refractivity contribution in [1.82, 2.24) is 20.1 Å². The monoisotopic (exact) mass is 392 g/mol. The molecule has 5 nitrogen and oxygen atoms in total. The molecule has 7 heteroatoms. The summed E-state index contributed by atoms with van der Waals surface area (Å²) >= 11 is 7.40. The second-order valence-electron chi connectivity index (χ2n) is 6.78. The molecule has 0 unspecified atom stereocenters. The Morgan fingerprint density at radius 2 is 2.00 bits per heavy atom. The lowest BCUT2D eigenvalue weighted by molar-refractivity contribution is -0.119. The molecule has 1 heterocycles. The molecule has 26 heavy (non-hydrogen) atoms. The highest BCUT2D eigenvalue weighted by Crippen LogP contribution is 2.26. The van der Waals surface area contributed by atoms with Gasteiger partial charge in [-0.25, -0.2) is 0 Å². The lowest BCUT2D eigenvalue weighted by Gasteiger charge is -2.29. The molecule has 1 aliphatic rings. The third-order valence-corrected chi connectivity index (χ3v) is 6.14.